The molecule has 0 aliphatic heterocycles. The maximum atomic E-state index is 9.45. The lowest BCUT2D eigenvalue weighted by atomic mass is 10.2. The van der Waals surface area contributed by atoms with Crippen molar-refractivity contribution in [3.05, 3.63) is 40.4 Å². The molecule has 19 heavy (non-hydrogen) atoms. The molecule has 0 aliphatic rings. The van der Waals surface area contributed by atoms with Gasteiger partial charge in [0.1, 0.15) is 11.6 Å². The highest BCUT2D eigenvalue weighted by Gasteiger charge is 2.09. The summed E-state index contributed by atoms with van der Waals surface area (Å²) in [5.41, 5.74) is 9.90. The summed E-state index contributed by atoms with van der Waals surface area (Å²) in [6.07, 6.45) is 0. The van der Waals surface area contributed by atoms with Gasteiger partial charge < -0.3 is 15.8 Å². The van der Waals surface area contributed by atoms with Gasteiger partial charge in [-0.05, 0) is 42.8 Å². The molecule has 0 aliphatic carbocycles. The number of phenolic OH excluding ortho intramolecular Hbond substituents is 1. The number of benzene rings is 2. The van der Waals surface area contributed by atoms with Gasteiger partial charge in [0.15, 0.2) is 0 Å². The van der Waals surface area contributed by atoms with Crippen LogP contribution in [0.4, 0.5) is 5.69 Å². The number of aromatic amines is 1. The molecular formula is C14H12BrN3O. The topological polar surface area (TPSA) is 74.9 Å². The van der Waals surface area contributed by atoms with Crippen LogP contribution in [0.25, 0.3) is 22.4 Å². The van der Waals surface area contributed by atoms with Crippen molar-refractivity contribution in [2.45, 2.75) is 6.92 Å². The maximum absolute atomic E-state index is 9.45. The van der Waals surface area contributed by atoms with Gasteiger partial charge in [-0.15, -0.1) is 0 Å². The highest BCUT2D eigenvalue weighted by atomic mass is 79.9. The van der Waals surface area contributed by atoms with Crippen molar-refractivity contribution < 1.29 is 5.11 Å². The first kappa shape index (κ1) is 12.0. The predicted molar refractivity (Wildman–Crippen MR) is 80.0 cm³/mol. The van der Waals surface area contributed by atoms with Crippen LogP contribution in [0.5, 0.6) is 5.75 Å². The molecule has 96 valence electrons. The number of anilines is 1. The van der Waals surface area contributed by atoms with Crippen molar-refractivity contribution in [1.82, 2.24) is 9.97 Å². The first-order valence-electron chi connectivity index (χ1n) is 5.79. The van der Waals surface area contributed by atoms with Crippen LogP contribution >= 0.6 is 15.9 Å². The van der Waals surface area contributed by atoms with Crippen LogP contribution in [0, 0.1) is 6.92 Å². The Kier molecular flexibility index (Phi) is 2.71. The van der Waals surface area contributed by atoms with E-state index in [2.05, 4.69) is 25.9 Å². The van der Waals surface area contributed by atoms with Crippen LogP contribution in [-0.4, -0.2) is 15.1 Å². The van der Waals surface area contributed by atoms with Gasteiger partial charge in [-0.3, -0.25) is 0 Å². The van der Waals surface area contributed by atoms with Crippen molar-refractivity contribution in [1.29, 1.82) is 0 Å². The molecule has 0 spiro atoms. The van der Waals surface area contributed by atoms with Gasteiger partial charge in [-0.25, -0.2) is 4.98 Å². The average Bonchev–Trinajstić information content (AvgIpc) is 2.76. The largest absolute Gasteiger partial charge is 0.506 e. The second-order valence-corrected chi connectivity index (χ2v) is 5.39. The van der Waals surface area contributed by atoms with Crippen molar-refractivity contribution in [2.24, 2.45) is 0 Å². The number of nitrogens with two attached hydrogens (primary N) is 1. The molecule has 0 atom stereocenters. The molecule has 1 aromatic heterocycles. The van der Waals surface area contributed by atoms with E-state index in [1.165, 1.54) is 0 Å². The number of hydrogen-bond donors (Lipinski definition) is 3. The molecule has 0 amide bonds. The Balaban J connectivity index is 2.20. The van der Waals surface area contributed by atoms with Gasteiger partial charge in [-0.1, -0.05) is 15.9 Å². The molecule has 3 aromatic rings. The summed E-state index contributed by atoms with van der Waals surface area (Å²) in [7, 11) is 0. The predicted octanol–water partition coefficient (Wildman–Crippen LogP) is 3.59. The highest BCUT2D eigenvalue weighted by molar-refractivity contribution is 9.10. The third-order valence-corrected chi connectivity index (χ3v) is 3.50. The van der Waals surface area contributed by atoms with E-state index in [9.17, 15) is 5.11 Å². The number of halogens is 1. The van der Waals surface area contributed by atoms with E-state index in [0.29, 0.717) is 5.69 Å². The Morgan fingerprint density at radius 3 is 2.79 bits per heavy atom. The fraction of sp³-hybridized carbons (Fsp3) is 0.0714. The molecular weight excluding hydrogens is 306 g/mol. The number of hydrogen-bond acceptors (Lipinski definition) is 3. The SMILES string of the molecule is Cc1cc(Br)cc2[nH]c(-c3ccc(O)c(N)c3)nc12. The minimum absolute atomic E-state index is 0.0822. The van der Waals surface area contributed by atoms with Crippen LogP contribution < -0.4 is 5.73 Å². The lowest BCUT2D eigenvalue weighted by Gasteiger charge is -2.00. The quantitative estimate of drug-likeness (QED) is 0.474. The van der Waals surface area contributed by atoms with Crippen molar-refractivity contribution in [3.63, 3.8) is 0 Å². The van der Waals surface area contributed by atoms with E-state index in [-0.39, 0.29) is 5.75 Å². The Hall–Kier alpha value is -2.01. The molecule has 4 N–H and O–H groups in total. The van der Waals surface area contributed by atoms with E-state index >= 15 is 0 Å². The summed E-state index contributed by atoms with van der Waals surface area (Å²) in [5, 5.41) is 9.45. The van der Waals surface area contributed by atoms with Crippen LogP contribution in [-0.2, 0) is 0 Å². The van der Waals surface area contributed by atoms with Crippen LogP contribution in [0.1, 0.15) is 5.56 Å². The number of rotatable bonds is 1. The van der Waals surface area contributed by atoms with E-state index < -0.39 is 0 Å². The number of nitrogens with one attached hydrogen (secondary N) is 1. The van der Waals surface area contributed by atoms with Crippen molar-refractivity contribution >= 4 is 32.7 Å². The first-order chi connectivity index (χ1) is 9.04. The van der Waals surface area contributed by atoms with E-state index in [1.807, 2.05) is 19.1 Å². The summed E-state index contributed by atoms with van der Waals surface area (Å²) in [6.45, 7) is 2.02. The molecule has 2 aromatic carbocycles. The monoisotopic (exact) mass is 317 g/mol. The molecule has 0 saturated carbocycles. The van der Waals surface area contributed by atoms with Crippen LogP contribution in [0.2, 0.25) is 0 Å². The minimum Gasteiger partial charge on any atom is -0.506 e. The van der Waals surface area contributed by atoms with Crippen molar-refractivity contribution in [3.8, 4) is 17.1 Å². The molecule has 4 nitrogen and oxygen atoms in total. The van der Waals surface area contributed by atoms with E-state index in [1.54, 1.807) is 18.2 Å². The third-order valence-electron chi connectivity index (χ3n) is 3.04. The maximum Gasteiger partial charge on any atom is 0.138 e. The molecule has 0 fully saturated rings. The Bertz CT molecular complexity index is 780. The summed E-state index contributed by atoms with van der Waals surface area (Å²) >= 11 is 3.47. The zero-order chi connectivity index (χ0) is 13.6. The normalized spacial score (nSPS) is 11.1. The Labute approximate surface area is 118 Å². The average molecular weight is 318 g/mol. The summed E-state index contributed by atoms with van der Waals surface area (Å²) in [5.74, 6) is 0.821. The third kappa shape index (κ3) is 2.06. The number of aromatic nitrogens is 2. The van der Waals surface area contributed by atoms with E-state index in [0.717, 1.165) is 32.5 Å². The molecule has 0 radical (unpaired) electrons. The second kappa shape index (κ2) is 4.28. The lowest BCUT2D eigenvalue weighted by molar-refractivity contribution is 0.478. The number of aromatic hydroxyl groups is 1. The smallest absolute Gasteiger partial charge is 0.138 e. The fourth-order valence-corrected chi connectivity index (χ4v) is 2.66. The Morgan fingerprint density at radius 1 is 1.26 bits per heavy atom. The zero-order valence-corrected chi connectivity index (χ0v) is 11.8. The number of H-pyrrole nitrogens is 1. The molecule has 1 heterocycles. The molecule has 3 rings (SSSR count). The van der Waals surface area contributed by atoms with Gasteiger partial charge in [0.2, 0.25) is 0 Å². The number of fused-ring (bicyclic) bond motifs is 1. The highest BCUT2D eigenvalue weighted by Crippen LogP contribution is 2.29. The Morgan fingerprint density at radius 2 is 2.05 bits per heavy atom. The first-order valence-corrected chi connectivity index (χ1v) is 6.58. The van der Waals surface area contributed by atoms with Gasteiger partial charge in [0.05, 0.1) is 16.7 Å². The molecule has 5 heteroatoms. The van der Waals surface area contributed by atoms with Gasteiger partial charge >= 0.3 is 0 Å². The number of phenols is 1. The van der Waals surface area contributed by atoms with Gasteiger partial charge in [-0.2, -0.15) is 0 Å². The number of imidazole rings is 1. The second-order valence-electron chi connectivity index (χ2n) is 4.48. The summed E-state index contributed by atoms with van der Waals surface area (Å²) < 4.78 is 1.01. The number of aryl methyl sites for hydroxylation is 1. The summed E-state index contributed by atoms with van der Waals surface area (Å²) in [4.78, 5) is 7.84. The van der Waals surface area contributed by atoms with E-state index in [4.69, 9.17) is 5.73 Å². The zero-order valence-electron chi connectivity index (χ0n) is 10.2. The van der Waals surface area contributed by atoms with Crippen LogP contribution in [0.3, 0.4) is 0 Å². The fourth-order valence-electron chi connectivity index (χ4n) is 2.09. The summed E-state index contributed by atoms with van der Waals surface area (Å²) in [6, 6.07) is 9.08. The van der Waals surface area contributed by atoms with Gasteiger partial charge in [0.25, 0.3) is 0 Å². The molecule has 0 bridgehead atoms. The molecule has 0 saturated heterocycles. The van der Waals surface area contributed by atoms with Crippen LogP contribution in [0.15, 0.2) is 34.8 Å². The van der Waals surface area contributed by atoms with Crippen molar-refractivity contribution in [2.75, 3.05) is 5.73 Å². The lowest BCUT2D eigenvalue weighted by Crippen LogP contribution is -1.87. The number of nitrogen functional groups attached to an aromatic ring is 1. The molecule has 0 unspecified atom stereocenters. The minimum atomic E-state index is 0.0822. The number of nitrogens with zero attached hydrogens (tertiary/aromatic N) is 1. The van der Waals surface area contributed by atoms with Gasteiger partial charge in [0, 0.05) is 10.0 Å². The standard InChI is InChI=1S/C14H12BrN3O/c1-7-4-9(15)6-11-13(7)18-14(17-11)8-2-3-12(19)10(16)5-8/h2-6,19H,16H2,1H3,(H,17,18).